The number of rotatable bonds is 7. The van der Waals surface area contributed by atoms with Crippen molar-refractivity contribution < 1.29 is 19.4 Å². The maximum Gasteiger partial charge on any atom is 0.255 e. The third-order valence-electron chi connectivity index (χ3n) is 8.06. The van der Waals surface area contributed by atoms with Crippen LogP contribution in [0.15, 0.2) is 54.7 Å². The number of carbonyl (C=O) groups excluding carboxylic acids is 2. The number of nitrogens with one attached hydrogen (secondary N) is 1. The lowest BCUT2D eigenvalue weighted by Gasteiger charge is -2.37. The molecule has 0 spiro atoms. The van der Waals surface area contributed by atoms with Crippen LogP contribution in [0.5, 0.6) is 5.75 Å². The first-order valence-electron chi connectivity index (χ1n) is 13.3. The van der Waals surface area contributed by atoms with Gasteiger partial charge in [0, 0.05) is 23.4 Å². The zero-order valence-electron chi connectivity index (χ0n) is 21.8. The van der Waals surface area contributed by atoms with Crippen LogP contribution in [0.2, 0.25) is 0 Å². The van der Waals surface area contributed by atoms with E-state index in [1.165, 1.54) is 5.56 Å². The highest BCUT2D eigenvalue weighted by Crippen LogP contribution is 2.34. The number of hydrogen-bond acceptors (Lipinski definition) is 5. The second-order valence-electron chi connectivity index (χ2n) is 11.2. The highest BCUT2D eigenvalue weighted by atomic mass is 16.5. The zero-order valence-corrected chi connectivity index (χ0v) is 21.8. The summed E-state index contributed by atoms with van der Waals surface area (Å²) in [6, 6.07) is 13.5. The van der Waals surface area contributed by atoms with E-state index in [4.69, 9.17) is 4.74 Å². The van der Waals surface area contributed by atoms with Gasteiger partial charge in [0.1, 0.15) is 18.4 Å². The summed E-state index contributed by atoms with van der Waals surface area (Å²) >= 11 is 0. The second-order valence-corrected chi connectivity index (χ2v) is 11.2. The number of hydrogen-bond donors (Lipinski definition) is 2. The van der Waals surface area contributed by atoms with Crippen molar-refractivity contribution in [2.24, 2.45) is 5.92 Å². The van der Waals surface area contributed by atoms with Gasteiger partial charge in [0.15, 0.2) is 0 Å². The van der Waals surface area contributed by atoms with Crippen molar-refractivity contribution in [2.45, 2.75) is 70.9 Å². The van der Waals surface area contributed by atoms with Gasteiger partial charge in [-0.25, -0.2) is 0 Å². The van der Waals surface area contributed by atoms with E-state index in [2.05, 4.69) is 41.1 Å². The third kappa shape index (κ3) is 5.58. The first-order chi connectivity index (χ1) is 17.7. The van der Waals surface area contributed by atoms with E-state index in [9.17, 15) is 14.7 Å². The Labute approximate surface area is 219 Å². The summed E-state index contributed by atoms with van der Waals surface area (Å²) in [5, 5.41) is 13.1. The Hall–Kier alpha value is -3.16. The van der Waals surface area contributed by atoms with Crippen molar-refractivity contribution in [1.29, 1.82) is 0 Å². The molecular formula is C30H37N3O4. The number of ether oxygens (including phenoxy) is 1. The number of fused-ring (bicyclic) bond motifs is 1. The summed E-state index contributed by atoms with van der Waals surface area (Å²) in [6.07, 6.45) is 3.31. The summed E-state index contributed by atoms with van der Waals surface area (Å²) in [7, 11) is 0. The van der Waals surface area contributed by atoms with Crippen LogP contribution >= 0.6 is 0 Å². The highest BCUT2D eigenvalue weighted by molar-refractivity contribution is 6.02. The minimum absolute atomic E-state index is 0.121. The minimum Gasteiger partial charge on any atom is -0.489 e. The Morgan fingerprint density at radius 1 is 1.05 bits per heavy atom. The molecule has 3 aliphatic rings. The van der Waals surface area contributed by atoms with Crippen molar-refractivity contribution in [3.63, 3.8) is 0 Å². The van der Waals surface area contributed by atoms with Gasteiger partial charge in [-0.15, -0.1) is 0 Å². The summed E-state index contributed by atoms with van der Waals surface area (Å²) in [4.78, 5) is 29.7. The number of benzene rings is 2. The largest absolute Gasteiger partial charge is 0.489 e. The molecule has 2 N–H and O–H groups in total. The Bertz CT molecular complexity index is 1180. The molecule has 2 amide bonds. The number of likely N-dealkylation sites (tertiary alicyclic amines) is 1. The maximum atomic E-state index is 13.1. The van der Waals surface area contributed by atoms with Gasteiger partial charge < -0.3 is 20.1 Å². The van der Waals surface area contributed by atoms with E-state index in [0.717, 1.165) is 43.6 Å². The van der Waals surface area contributed by atoms with E-state index < -0.39 is 11.6 Å². The molecule has 196 valence electrons. The molecule has 2 fully saturated rings. The fourth-order valence-corrected chi connectivity index (χ4v) is 5.73. The Morgan fingerprint density at radius 2 is 1.76 bits per heavy atom. The van der Waals surface area contributed by atoms with Crippen LogP contribution < -0.4 is 10.1 Å². The van der Waals surface area contributed by atoms with Crippen molar-refractivity contribution in [3.8, 4) is 5.75 Å². The van der Waals surface area contributed by atoms with Crippen molar-refractivity contribution >= 4 is 11.8 Å². The fourth-order valence-electron chi connectivity index (χ4n) is 5.73. The van der Waals surface area contributed by atoms with Crippen LogP contribution in [-0.4, -0.2) is 51.5 Å². The molecule has 7 heteroatoms. The molecule has 5 rings (SSSR count). The van der Waals surface area contributed by atoms with Gasteiger partial charge in [0.25, 0.3) is 5.91 Å². The Kier molecular flexibility index (Phi) is 7.10. The average molecular weight is 504 g/mol. The molecule has 37 heavy (non-hydrogen) atoms. The molecule has 0 bridgehead atoms. The number of aliphatic hydroxyl groups is 1. The molecule has 2 saturated heterocycles. The summed E-state index contributed by atoms with van der Waals surface area (Å²) in [6.45, 7) is 11.4. The summed E-state index contributed by atoms with van der Waals surface area (Å²) in [5.74, 6) is 0.767. The van der Waals surface area contributed by atoms with E-state index in [-0.39, 0.29) is 11.8 Å². The van der Waals surface area contributed by atoms with Crippen molar-refractivity contribution in [1.82, 2.24) is 15.1 Å². The minimum atomic E-state index is -0.599. The lowest BCUT2D eigenvalue weighted by molar-refractivity contribution is -0.126. The summed E-state index contributed by atoms with van der Waals surface area (Å²) in [5.41, 5.74) is 3.89. The summed E-state index contributed by atoms with van der Waals surface area (Å²) < 4.78 is 6.17. The molecule has 1 atom stereocenters. The van der Waals surface area contributed by atoms with Gasteiger partial charge >= 0.3 is 0 Å². The first-order valence-corrected chi connectivity index (χ1v) is 13.3. The molecule has 2 aromatic rings. The predicted octanol–water partition coefficient (Wildman–Crippen LogP) is 4.00. The SMILES string of the molecule is C=C1CCC(N2Cc3c(OCc4ccc(CN5CCC(C(C)(C)O)CC5)cc4)cccc3C2=O)C(=O)N1. The molecule has 0 radical (unpaired) electrons. The number of carbonyl (C=O) groups is 2. The van der Waals surface area contributed by atoms with Crippen molar-refractivity contribution in [3.05, 3.63) is 77.0 Å². The highest BCUT2D eigenvalue weighted by Gasteiger charge is 2.39. The first kappa shape index (κ1) is 25.5. The molecule has 2 aromatic carbocycles. The number of allylic oxidation sites excluding steroid dienone is 1. The van der Waals surface area contributed by atoms with E-state index in [1.807, 2.05) is 32.0 Å². The smallest absolute Gasteiger partial charge is 0.255 e. The Morgan fingerprint density at radius 3 is 2.43 bits per heavy atom. The fraction of sp³-hybridized carbons (Fsp3) is 0.467. The molecule has 3 heterocycles. The Balaban J connectivity index is 1.17. The average Bonchev–Trinajstić information content (AvgIpc) is 3.20. The van der Waals surface area contributed by atoms with Crippen LogP contribution in [0.3, 0.4) is 0 Å². The van der Waals surface area contributed by atoms with Gasteiger partial charge in [0.2, 0.25) is 5.91 Å². The maximum absolute atomic E-state index is 13.1. The zero-order chi connectivity index (χ0) is 26.2. The second kappa shape index (κ2) is 10.3. The third-order valence-corrected chi connectivity index (χ3v) is 8.06. The number of piperidine rings is 2. The standard InChI is InChI=1S/C30H37N3O4/c1-20-7-12-26(28(34)31-20)33-18-25-24(29(33)35)5-4-6-27(25)37-19-22-10-8-21(9-11-22)17-32-15-13-23(14-16-32)30(2,3)36/h4-6,8-11,23,26,36H,1,7,12-19H2,2-3H3,(H,31,34). The van der Waals surface area contributed by atoms with Crippen LogP contribution in [0.25, 0.3) is 0 Å². The topological polar surface area (TPSA) is 82.1 Å². The molecule has 3 aliphatic heterocycles. The monoisotopic (exact) mass is 503 g/mol. The predicted molar refractivity (Wildman–Crippen MR) is 142 cm³/mol. The van der Waals surface area contributed by atoms with Crippen LogP contribution in [0, 0.1) is 5.92 Å². The molecule has 0 aliphatic carbocycles. The van der Waals surface area contributed by atoms with E-state index in [0.29, 0.717) is 48.9 Å². The van der Waals surface area contributed by atoms with Gasteiger partial charge in [-0.1, -0.05) is 36.9 Å². The van der Waals surface area contributed by atoms with E-state index >= 15 is 0 Å². The van der Waals surface area contributed by atoms with Gasteiger partial charge in [-0.05, 0) is 81.8 Å². The molecule has 0 saturated carbocycles. The van der Waals surface area contributed by atoms with Gasteiger partial charge in [-0.2, -0.15) is 0 Å². The normalized spacial score (nSPS) is 21.2. The molecular weight excluding hydrogens is 466 g/mol. The van der Waals surface area contributed by atoms with Crippen LogP contribution in [-0.2, 0) is 24.5 Å². The lowest BCUT2D eigenvalue weighted by atomic mass is 9.83. The molecule has 1 unspecified atom stereocenters. The van der Waals surface area contributed by atoms with Crippen molar-refractivity contribution in [2.75, 3.05) is 13.1 Å². The lowest BCUT2D eigenvalue weighted by Crippen LogP contribution is -2.49. The molecule has 0 aromatic heterocycles. The number of amides is 2. The quantitative estimate of drug-likeness (QED) is 0.597. The van der Waals surface area contributed by atoms with Gasteiger partial charge in [0.05, 0.1) is 12.1 Å². The van der Waals surface area contributed by atoms with Crippen LogP contribution in [0.1, 0.15) is 66.6 Å². The molecule has 7 nitrogen and oxygen atoms in total. The van der Waals surface area contributed by atoms with Crippen LogP contribution in [0.4, 0.5) is 0 Å². The van der Waals surface area contributed by atoms with E-state index in [1.54, 1.807) is 4.90 Å². The van der Waals surface area contributed by atoms with Gasteiger partial charge in [-0.3, -0.25) is 14.5 Å². The number of nitrogens with zero attached hydrogens (tertiary/aromatic N) is 2.